The number of unbranched alkanes of at least 4 members (excludes halogenated alkanes) is 2. The molecule has 146 valence electrons. The third-order valence-electron chi connectivity index (χ3n) is 4.04. The summed E-state index contributed by atoms with van der Waals surface area (Å²) in [5.74, 6) is -1.93. The molecule has 1 rings (SSSR count). The van der Waals surface area contributed by atoms with Crippen molar-refractivity contribution in [1.29, 1.82) is 0 Å². The Bertz CT molecular complexity index is 607. The topological polar surface area (TPSA) is 78.6 Å². The van der Waals surface area contributed by atoms with Gasteiger partial charge in [-0.05, 0) is 43.2 Å². The summed E-state index contributed by atoms with van der Waals surface area (Å²) in [6.07, 6.45) is 3.42. The Morgan fingerprint density at radius 2 is 1.88 bits per heavy atom. The van der Waals surface area contributed by atoms with Gasteiger partial charge in [0.1, 0.15) is 5.82 Å². The van der Waals surface area contributed by atoms with Crippen molar-refractivity contribution in [3.63, 3.8) is 0 Å². The molecule has 0 unspecified atom stereocenters. The average molecular weight is 371 g/mol. The number of methoxy groups -OCH3 is 1. The summed E-state index contributed by atoms with van der Waals surface area (Å²) in [6, 6.07) is 2.19. The predicted octanol–water partition coefficient (Wildman–Crippen LogP) is 3.52. The van der Waals surface area contributed by atoms with E-state index in [4.69, 9.17) is 10.5 Å². The number of benzene rings is 1. The normalized spacial score (nSPS) is 11.8. The number of aryl methyl sites for hydroxylation is 1. The lowest BCUT2D eigenvalue weighted by molar-refractivity contribution is -0.140. The maximum Gasteiger partial charge on any atom is 0.305 e. The minimum absolute atomic E-state index is 0.00746. The molecule has 0 heterocycles. The molecule has 0 radical (unpaired) electrons. The number of primary amides is 1. The van der Waals surface area contributed by atoms with Crippen LogP contribution in [0.2, 0.25) is 0 Å². The number of hydrogen-bond donors (Lipinski definition) is 1. The van der Waals surface area contributed by atoms with Crippen LogP contribution in [0.5, 0.6) is 5.75 Å². The Morgan fingerprint density at radius 1 is 1.15 bits per heavy atom. The molecule has 7 heteroatoms. The lowest BCUT2D eigenvalue weighted by Gasteiger charge is -2.14. The van der Waals surface area contributed by atoms with Crippen LogP contribution >= 0.6 is 0 Å². The number of carbonyl (C=O) groups excluding carboxylic acids is 2. The van der Waals surface area contributed by atoms with Gasteiger partial charge in [0.05, 0.1) is 13.7 Å². The lowest BCUT2D eigenvalue weighted by atomic mass is 10.0. The first-order valence-corrected chi connectivity index (χ1v) is 8.79. The highest BCUT2D eigenvalue weighted by Crippen LogP contribution is 2.25. The number of hydrogen-bond acceptors (Lipinski definition) is 4. The third-order valence-corrected chi connectivity index (χ3v) is 4.04. The van der Waals surface area contributed by atoms with E-state index in [0.29, 0.717) is 38.5 Å². The number of nitrogens with two attached hydrogens (primary N) is 1. The highest BCUT2D eigenvalue weighted by molar-refractivity contribution is 5.73. The SMILES string of the molecule is COC(=O)CCCCCc1cc(F)cc(OC[C@@H](C)CCC(N)=O)c1F. The molecule has 1 aromatic rings. The van der Waals surface area contributed by atoms with Crippen LogP contribution < -0.4 is 10.5 Å². The largest absolute Gasteiger partial charge is 0.490 e. The van der Waals surface area contributed by atoms with E-state index < -0.39 is 17.5 Å². The quantitative estimate of drug-likeness (QED) is 0.450. The molecule has 0 bridgehead atoms. The van der Waals surface area contributed by atoms with E-state index in [2.05, 4.69) is 4.74 Å². The summed E-state index contributed by atoms with van der Waals surface area (Å²) in [4.78, 5) is 21.8. The third kappa shape index (κ3) is 8.27. The molecular formula is C19H27F2NO4. The van der Waals surface area contributed by atoms with Gasteiger partial charge >= 0.3 is 5.97 Å². The maximum absolute atomic E-state index is 14.5. The van der Waals surface area contributed by atoms with Crippen molar-refractivity contribution in [3.05, 3.63) is 29.3 Å². The molecule has 0 aliphatic carbocycles. The summed E-state index contributed by atoms with van der Waals surface area (Å²) in [7, 11) is 1.33. The second kappa shape index (κ2) is 11.4. The molecule has 0 spiro atoms. The zero-order valence-electron chi connectivity index (χ0n) is 15.4. The lowest BCUT2D eigenvalue weighted by Crippen LogP contribution is -2.15. The fourth-order valence-corrected chi connectivity index (χ4v) is 2.47. The highest BCUT2D eigenvalue weighted by Gasteiger charge is 2.14. The van der Waals surface area contributed by atoms with Crippen molar-refractivity contribution < 1.29 is 27.8 Å². The van der Waals surface area contributed by atoms with Crippen molar-refractivity contribution in [1.82, 2.24) is 0 Å². The Hall–Kier alpha value is -2.18. The average Bonchev–Trinajstić information content (AvgIpc) is 2.60. The van der Waals surface area contributed by atoms with Crippen LogP contribution in [0, 0.1) is 17.6 Å². The minimum atomic E-state index is -0.568. The van der Waals surface area contributed by atoms with Crippen molar-refractivity contribution in [2.24, 2.45) is 11.7 Å². The van der Waals surface area contributed by atoms with E-state index in [1.165, 1.54) is 13.2 Å². The molecule has 0 saturated heterocycles. The molecule has 0 saturated carbocycles. The fraction of sp³-hybridized carbons (Fsp3) is 0.579. The van der Waals surface area contributed by atoms with Gasteiger partial charge < -0.3 is 15.2 Å². The van der Waals surface area contributed by atoms with Gasteiger partial charge in [0.25, 0.3) is 0 Å². The van der Waals surface area contributed by atoms with E-state index in [0.717, 1.165) is 6.07 Å². The molecule has 0 aliphatic rings. The van der Waals surface area contributed by atoms with Gasteiger partial charge in [-0.3, -0.25) is 9.59 Å². The molecule has 0 fully saturated rings. The Morgan fingerprint density at radius 3 is 2.54 bits per heavy atom. The summed E-state index contributed by atoms with van der Waals surface area (Å²) in [5.41, 5.74) is 5.34. The van der Waals surface area contributed by atoms with Crippen LogP contribution in [-0.4, -0.2) is 25.6 Å². The zero-order chi connectivity index (χ0) is 19.5. The van der Waals surface area contributed by atoms with Crippen LogP contribution in [0.25, 0.3) is 0 Å². The number of amides is 1. The first-order valence-electron chi connectivity index (χ1n) is 8.79. The smallest absolute Gasteiger partial charge is 0.305 e. The van der Waals surface area contributed by atoms with Crippen molar-refractivity contribution in [3.8, 4) is 5.75 Å². The van der Waals surface area contributed by atoms with E-state index in [1.807, 2.05) is 6.92 Å². The first kappa shape index (κ1) is 21.9. The van der Waals surface area contributed by atoms with Gasteiger partial charge in [0, 0.05) is 18.9 Å². The van der Waals surface area contributed by atoms with E-state index in [-0.39, 0.29) is 36.2 Å². The van der Waals surface area contributed by atoms with Crippen molar-refractivity contribution >= 4 is 11.9 Å². The maximum atomic E-state index is 14.5. The Balaban J connectivity index is 2.53. The summed E-state index contributed by atoms with van der Waals surface area (Å²) >= 11 is 0. The number of carbonyl (C=O) groups is 2. The first-order chi connectivity index (χ1) is 12.3. The van der Waals surface area contributed by atoms with Crippen LogP contribution in [-0.2, 0) is 20.7 Å². The van der Waals surface area contributed by atoms with E-state index >= 15 is 0 Å². The van der Waals surface area contributed by atoms with Gasteiger partial charge in [0.15, 0.2) is 11.6 Å². The standard InChI is InChI=1S/C19H27F2NO4/c1-13(8-9-17(22)23)12-26-16-11-15(20)10-14(19(16)21)6-4-3-5-7-18(24)25-2/h10-11,13H,3-9,12H2,1-2H3,(H2,22,23)/t13-/m0/s1. The van der Waals surface area contributed by atoms with Gasteiger partial charge in [-0.1, -0.05) is 13.3 Å². The molecule has 1 atom stereocenters. The van der Waals surface area contributed by atoms with Gasteiger partial charge in [-0.25, -0.2) is 8.78 Å². The zero-order valence-corrected chi connectivity index (χ0v) is 15.4. The number of rotatable bonds is 12. The second-order valence-electron chi connectivity index (χ2n) is 6.43. The Kier molecular flexibility index (Phi) is 9.62. The number of esters is 1. The molecule has 0 aliphatic heterocycles. The summed E-state index contributed by atoms with van der Waals surface area (Å²) < 4.78 is 38.2. The second-order valence-corrected chi connectivity index (χ2v) is 6.43. The molecule has 5 nitrogen and oxygen atoms in total. The van der Waals surface area contributed by atoms with Gasteiger partial charge in [-0.2, -0.15) is 0 Å². The van der Waals surface area contributed by atoms with Crippen molar-refractivity contribution in [2.45, 2.75) is 51.9 Å². The molecule has 2 N–H and O–H groups in total. The van der Waals surface area contributed by atoms with E-state index in [1.54, 1.807) is 0 Å². The van der Waals surface area contributed by atoms with Crippen LogP contribution in [0.3, 0.4) is 0 Å². The van der Waals surface area contributed by atoms with Crippen LogP contribution in [0.1, 0.15) is 51.0 Å². The molecular weight excluding hydrogens is 344 g/mol. The molecule has 1 amide bonds. The Labute approximate surface area is 152 Å². The predicted molar refractivity (Wildman–Crippen MR) is 93.6 cm³/mol. The highest BCUT2D eigenvalue weighted by atomic mass is 19.1. The molecule has 0 aromatic heterocycles. The molecule has 26 heavy (non-hydrogen) atoms. The fourth-order valence-electron chi connectivity index (χ4n) is 2.47. The van der Waals surface area contributed by atoms with Crippen LogP contribution in [0.4, 0.5) is 8.78 Å². The summed E-state index contributed by atoms with van der Waals surface area (Å²) in [6.45, 7) is 2.02. The minimum Gasteiger partial charge on any atom is -0.490 e. The monoisotopic (exact) mass is 371 g/mol. The number of halogens is 2. The number of ether oxygens (including phenoxy) is 2. The van der Waals surface area contributed by atoms with Gasteiger partial charge in [0.2, 0.25) is 5.91 Å². The van der Waals surface area contributed by atoms with E-state index in [9.17, 15) is 18.4 Å². The van der Waals surface area contributed by atoms with Gasteiger partial charge in [-0.15, -0.1) is 0 Å². The summed E-state index contributed by atoms with van der Waals surface area (Å²) in [5, 5.41) is 0. The van der Waals surface area contributed by atoms with Crippen molar-refractivity contribution in [2.75, 3.05) is 13.7 Å². The molecule has 1 aromatic carbocycles. The van der Waals surface area contributed by atoms with Crippen LogP contribution in [0.15, 0.2) is 12.1 Å².